The molecule has 0 aromatic heterocycles. The van der Waals surface area contributed by atoms with Crippen molar-refractivity contribution in [2.24, 2.45) is 0 Å². The number of nitro benzene ring substituents is 1. The van der Waals surface area contributed by atoms with Crippen molar-refractivity contribution < 1.29 is 37.2 Å². The van der Waals surface area contributed by atoms with Crippen LogP contribution < -0.4 is 4.74 Å². The van der Waals surface area contributed by atoms with E-state index < -0.39 is 19.7 Å². The zero-order chi connectivity index (χ0) is 21.9. The van der Waals surface area contributed by atoms with E-state index >= 15 is 0 Å². The second kappa shape index (κ2) is 11.7. The molecule has 0 aliphatic rings. The SMILES string of the molecule is COC(=O)c1cc(COCCCC[Si](OC)(OC)OC)c([N+](=O)[O-])cc1O[CH2][Rf]. The number of hydrogen-bond acceptors (Lipinski definition) is 9. The normalized spacial score (nSPS) is 11.4. The topological polar surface area (TPSA) is 116 Å². The van der Waals surface area contributed by atoms with Gasteiger partial charge in [-0.2, -0.15) is 0 Å². The van der Waals surface area contributed by atoms with E-state index in [4.69, 9.17) is 27.5 Å². The van der Waals surface area contributed by atoms with Gasteiger partial charge in [0.1, 0.15) is 0 Å². The second-order valence-electron chi connectivity index (χ2n) is 5.88. The molecule has 0 spiro atoms. The van der Waals surface area contributed by atoms with Crippen LogP contribution in [0.2, 0.25) is 6.04 Å². The summed E-state index contributed by atoms with van der Waals surface area (Å²) in [7, 11) is 3.78. The number of carbonyl (C=O) groups excluding carboxylic acids is 1. The van der Waals surface area contributed by atoms with Crippen molar-refractivity contribution >= 4 is 20.5 Å². The second-order valence-corrected chi connectivity index (χ2v) is 10.8. The van der Waals surface area contributed by atoms with Crippen LogP contribution in [0.4, 0.5) is 5.69 Å². The van der Waals surface area contributed by atoms with Gasteiger partial charge in [-0.15, -0.1) is 0 Å². The summed E-state index contributed by atoms with van der Waals surface area (Å²) in [4.78, 5) is 22.9. The Morgan fingerprint density at radius 3 is 2.31 bits per heavy atom. The van der Waals surface area contributed by atoms with Gasteiger partial charge in [0.05, 0.1) is 0 Å². The van der Waals surface area contributed by atoms with Crippen molar-refractivity contribution in [3.63, 3.8) is 0 Å². The molecular weight excluding hydrogens is 657 g/mol. The zero-order valence-corrected chi connectivity index (χ0v) is 24.6. The maximum absolute atomic E-state index is 12.0. The summed E-state index contributed by atoms with van der Waals surface area (Å²) in [6, 6.07) is 3.31. The van der Waals surface area contributed by atoms with Crippen LogP contribution in [0, 0.1) is 10.1 Å². The van der Waals surface area contributed by atoms with Gasteiger partial charge < -0.3 is 13.3 Å². The van der Waals surface area contributed by atoms with Crippen molar-refractivity contribution in [3.05, 3.63) is 33.4 Å². The van der Waals surface area contributed by atoms with Crippen molar-refractivity contribution in [2.45, 2.75) is 25.5 Å². The molecule has 0 saturated carbocycles. The van der Waals surface area contributed by atoms with E-state index in [0.717, 1.165) is 6.42 Å². The molecule has 0 fully saturated rings. The molecule has 0 aliphatic heterocycles. The Balaban J connectivity index is 2.77. The number of nitrogens with zero attached hydrogens (tertiary/aromatic N) is 1. The van der Waals surface area contributed by atoms with Crippen LogP contribution in [0.5, 0.6) is 5.75 Å². The van der Waals surface area contributed by atoms with E-state index in [9.17, 15) is 14.9 Å². The van der Waals surface area contributed by atoms with Gasteiger partial charge in [-0.25, -0.2) is 0 Å². The molecule has 1 aromatic rings. The number of carbonyl (C=O) groups is 1. The minimum atomic E-state index is -2.61. The predicted molar refractivity (Wildman–Crippen MR) is 100 cm³/mol. The number of methoxy groups -OCH3 is 1. The fourth-order valence-electron chi connectivity index (χ4n) is 2.68. The summed E-state index contributed by atoms with van der Waals surface area (Å²) < 4.78 is 32.1. The molecule has 0 N–H and O–H groups in total. The zero-order valence-electron chi connectivity index (χ0n) is 17.2. The molecule has 0 aliphatic carbocycles. The van der Waals surface area contributed by atoms with Crippen LogP contribution >= 0.6 is 0 Å². The Kier molecular flexibility index (Phi) is 9.69. The number of benzene rings is 1. The van der Waals surface area contributed by atoms with Gasteiger partial charge >= 0.3 is 130 Å². The minimum absolute atomic E-state index is 0.00665. The first-order valence-electron chi connectivity index (χ1n) is 8.92. The molecule has 0 saturated heterocycles. The summed E-state index contributed by atoms with van der Waals surface area (Å²) in [5.41, 5.74) is 0.290. The first-order chi connectivity index (χ1) is 13.9. The summed E-state index contributed by atoms with van der Waals surface area (Å²) in [6.07, 6.45) is 1.46. The van der Waals surface area contributed by atoms with Gasteiger partial charge in [0.25, 0.3) is 0 Å². The standard InChI is InChI=1S/C17H26NO9Si.Rf/c1-22-16-11-15(18(20)21)13(10-14(16)17(19)23-2)12-27-8-6-7-9-28(24-3,25-4)26-5;/h10-11H,1,6-9,12H2,2-5H3;. The average Bonchev–Trinajstić information content (AvgIpc) is 2.73. The Labute approximate surface area is 165 Å². The predicted octanol–water partition coefficient (Wildman–Crippen LogP) is 2.44. The van der Waals surface area contributed by atoms with Crippen molar-refractivity contribution in [1.29, 1.82) is 0 Å². The Morgan fingerprint density at radius 2 is 1.79 bits per heavy atom. The first-order valence-corrected chi connectivity index (χ1v) is 15.4. The average molecular weight is 683 g/mol. The molecule has 0 heterocycles. The molecule has 1 aromatic carbocycles. The van der Waals surface area contributed by atoms with Gasteiger partial charge in [-0.3, -0.25) is 0 Å². The van der Waals surface area contributed by atoms with Gasteiger partial charge in [-0.1, -0.05) is 0 Å². The van der Waals surface area contributed by atoms with E-state index in [1.165, 1.54) is 19.2 Å². The fourth-order valence-corrected chi connectivity index (χ4v) is 5.47. The summed E-state index contributed by atoms with van der Waals surface area (Å²) >= 11 is 0. The third-order valence-electron chi connectivity index (χ3n) is 4.25. The Bertz CT molecular complexity index is 677. The van der Waals surface area contributed by atoms with E-state index in [1.807, 2.05) is 0 Å². The van der Waals surface area contributed by atoms with Gasteiger partial charge in [0.15, 0.2) is 0 Å². The van der Waals surface area contributed by atoms with Gasteiger partial charge in [0.2, 0.25) is 0 Å². The van der Waals surface area contributed by atoms with Crippen LogP contribution in [0.3, 0.4) is 0 Å². The molecular formula is C17H26NO9RfSi. The van der Waals surface area contributed by atoms with Crippen LogP contribution in [-0.4, -0.2) is 61.9 Å². The van der Waals surface area contributed by atoms with Crippen LogP contribution in [0.25, 0.3) is 0 Å². The van der Waals surface area contributed by atoms with E-state index in [0.29, 0.717) is 26.2 Å². The van der Waals surface area contributed by atoms with E-state index in [-0.39, 0.29) is 29.2 Å². The van der Waals surface area contributed by atoms with Crippen molar-refractivity contribution in [1.82, 2.24) is 0 Å². The molecule has 29 heavy (non-hydrogen) atoms. The number of ether oxygens (including phenoxy) is 3. The van der Waals surface area contributed by atoms with Crippen LogP contribution in [0.15, 0.2) is 12.1 Å². The van der Waals surface area contributed by atoms with Crippen molar-refractivity contribution in [2.75, 3.05) is 42.2 Å². The van der Waals surface area contributed by atoms with Gasteiger partial charge in [0, 0.05) is 21.3 Å². The van der Waals surface area contributed by atoms with E-state index in [2.05, 4.69) is 0 Å². The molecule has 0 amide bonds. The quantitative estimate of drug-likeness (QED) is 0.0960. The number of unbranched alkanes of at least 4 members (excludes halogenated alkanes) is 1. The number of rotatable bonds is 14. The number of hydrogen-bond donors (Lipinski definition) is 0. The van der Waals surface area contributed by atoms with Crippen LogP contribution in [-0.2, 0) is 29.4 Å². The molecule has 159 valence electrons. The molecule has 0 bridgehead atoms. The molecule has 0 unspecified atom stereocenters. The summed E-state index contributed by atoms with van der Waals surface area (Å²) in [5, 5.41) is 11.4. The Hall–Kier alpha value is -3.05. The summed E-state index contributed by atoms with van der Waals surface area (Å²) in [5.74, 6) is -0.453. The summed E-state index contributed by atoms with van der Waals surface area (Å²) in [6.45, 7) is 0.376. The first kappa shape index (κ1) is 24.0. The van der Waals surface area contributed by atoms with Crippen LogP contribution in [0.1, 0.15) is 28.8 Å². The molecule has 0 atom stereocenters. The fraction of sp³-hybridized carbons (Fsp3) is 0.588. The van der Waals surface area contributed by atoms with Crippen molar-refractivity contribution in [3.8, 4) is 5.75 Å². The molecule has 10 nitrogen and oxygen atoms in total. The third kappa shape index (κ3) is 6.50. The van der Waals surface area contributed by atoms with E-state index in [1.54, 1.807) is 21.3 Å². The third-order valence-corrected chi connectivity index (χ3v) is 8.01. The Morgan fingerprint density at radius 1 is 1.14 bits per heavy atom. The molecule has 1 rings (SSSR count). The van der Waals surface area contributed by atoms with Gasteiger partial charge in [-0.05, 0) is 0 Å². The number of nitro groups is 1. The maximum atomic E-state index is 12.0. The molecule has 12 heteroatoms. The molecule has 0 radical (unpaired) electrons. The number of esters is 1. The monoisotopic (exact) mass is 683 g/mol.